The van der Waals surface area contributed by atoms with Crippen molar-refractivity contribution in [3.05, 3.63) is 11.6 Å². The lowest BCUT2D eigenvalue weighted by atomic mass is 9.46. The van der Waals surface area contributed by atoms with Gasteiger partial charge in [-0.05, 0) is 74.8 Å². The molecule has 5 aliphatic carbocycles. The van der Waals surface area contributed by atoms with Crippen LogP contribution in [-0.2, 0) is 10.3 Å². The molecule has 1 N–H and O–H groups in total. The Balaban J connectivity index is 1.51. The van der Waals surface area contributed by atoms with E-state index >= 15 is 0 Å². The number of hydrogen-bond acceptors (Lipinski definition) is 3. The second-order valence-electron chi connectivity index (χ2n) is 8.17. The summed E-state index contributed by atoms with van der Waals surface area (Å²) >= 11 is 5.95. The van der Waals surface area contributed by atoms with Gasteiger partial charge in [0.1, 0.15) is 6.33 Å². The van der Waals surface area contributed by atoms with Crippen LogP contribution in [0.5, 0.6) is 0 Å². The minimum Gasteiger partial charge on any atom is -0.353 e. The summed E-state index contributed by atoms with van der Waals surface area (Å²) < 4.78 is 1.98. The van der Waals surface area contributed by atoms with Crippen molar-refractivity contribution < 1.29 is 4.79 Å². The average molecular weight is 321 g/mol. The summed E-state index contributed by atoms with van der Waals surface area (Å²) in [6.07, 6.45) is 10.6. The molecule has 2 unspecified atom stereocenters. The van der Waals surface area contributed by atoms with Gasteiger partial charge in [-0.2, -0.15) is 0 Å². The number of nitrogens with one attached hydrogen (secondary N) is 1. The molecule has 5 nitrogen and oxygen atoms in total. The Morgan fingerprint density at radius 2 is 2.00 bits per heavy atom. The largest absolute Gasteiger partial charge is 0.353 e. The highest BCUT2D eigenvalue weighted by Gasteiger charge is 2.62. The predicted octanol–water partition coefficient (Wildman–Crippen LogP) is 2.51. The minimum atomic E-state index is -0.175. The molecule has 118 valence electrons. The average Bonchev–Trinajstić information content (AvgIpc) is 3.15. The van der Waals surface area contributed by atoms with Gasteiger partial charge >= 0.3 is 0 Å². The fraction of sp³-hybridized carbons (Fsp3) is 0.812. The molecule has 5 fully saturated rings. The molecule has 0 radical (unpaired) electrons. The molecule has 1 aromatic rings. The quantitative estimate of drug-likeness (QED) is 0.931. The highest BCUT2D eigenvalue weighted by atomic mass is 35.5. The summed E-state index contributed by atoms with van der Waals surface area (Å²) in [5.41, 5.74) is -0.212. The lowest BCUT2D eigenvalue weighted by Crippen LogP contribution is -2.61. The summed E-state index contributed by atoms with van der Waals surface area (Å²) in [6, 6.07) is 0.442. The smallest absolute Gasteiger partial charge is 0.242 e. The van der Waals surface area contributed by atoms with Gasteiger partial charge in [-0.1, -0.05) is 0 Å². The highest BCUT2D eigenvalue weighted by molar-refractivity contribution is 6.28. The van der Waals surface area contributed by atoms with Crippen LogP contribution < -0.4 is 5.32 Å². The number of halogens is 1. The molecule has 0 saturated heterocycles. The zero-order chi connectivity index (χ0) is 14.9. The van der Waals surface area contributed by atoms with Crippen LogP contribution in [0.1, 0.15) is 51.4 Å². The first-order valence-corrected chi connectivity index (χ1v) is 8.83. The maximum atomic E-state index is 12.9. The number of carbonyl (C=O) groups is 1. The molecule has 1 aromatic heterocycles. The third-order valence-electron chi connectivity index (χ3n) is 6.37. The number of nitrogens with zero attached hydrogens (tertiary/aromatic N) is 3. The van der Waals surface area contributed by atoms with E-state index in [4.69, 9.17) is 11.6 Å². The van der Waals surface area contributed by atoms with Gasteiger partial charge in [-0.25, -0.2) is 9.67 Å². The van der Waals surface area contributed by atoms with Crippen LogP contribution in [0.25, 0.3) is 0 Å². The van der Waals surface area contributed by atoms with Crippen LogP contribution in [-0.4, -0.2) is 26.7 Å². The second kappa shape index (κ2) is 4.25. The highest BCUT2D eigenvalue weighted by Crippen LogP contribution is 2.64. The van der Waals surface area contributed by atoms with Crippen molar-refractivity contribution in [2.24, 2.45) is 17.3 Å². The third kappa shape index (κ3) is 1.87. The first-order chi connectivity index (χ1) is 10.6. The van der Waals surface area contributed by atoms with Gasteiger partial charge in [0, 0.05) is 6.04 Å². The number of hydrogen-bond donors (Lipinski definition) is 1. The van der Waals surface area contributed by atoms with Crippen molar-refractivity contribution in [2.75, 3.05) is 0 Å². The number of amides is 1. The molecule has 5 aliphatic rings. The Bertz CT molecular complexity index is 624. The molecule has 0 aromatic carbocycles. The van der Waals surface area contributed by atoms with Crippen molar-refractivity contribution in [1.29, 1.82) is 0 Å². The van der Waals surface area contributed by atoms with Crippen LogP contribution in [0, 0.1) is 17.3 Å². The van der Waals surface area contributed by atoms with E-state index in [0.717, 1.165) is 44.9 Å². The van der Waals surface area contributed by atoms with Crippen molar-refractivity contribution >= 4 is 17.5 Å². The molecule has 5 saturated carbocycles. The summed E-state index contributed by atoms with van der Waals surface area (Å²) in [5.74, 6) is 1.60. The van der Waals surface area contributed by atoms with Gasteiger partial charge in [0.05, 0.1) is 11.0 Å². The number of aromatic nitrogens is 3. The van der Waals surface area contributed by atoms with Gasteiger partial charge in [0.25, 0.3) is 0 Å². The Morgan fingerprint density at radius 1 is 1.27 bits per heavy atom. The summed E-state index contributed by atoms with van der Waals surface area (Å²) in [4.78, 5) is 17.1. The number of carbonyl (C=O) groups excluding carboxylic acids is 1. The normalized spacial score (nSPS) is 42.6. The Morgan fingerprint density at radius 3 is 2.59 bits per heavy atom. The Hall–Kier alpha value is -1.10. The van der Waals surface area contributed by atoms with Crippen LogP contribution in [0.2, 0.25) is 5.28 Å². The first-order valence-electron chi connectivity index (χ1n) is 8.46. The summed E-state index contributed by atoms with van der Waals surface area (Å²) in [6.45, 7) is 0. The van der Waals surface area contributed by atoms with E-state index in [-0.39, 0.29) is 11.0 Å². The van der Waals surface area contributed by atoms with Gasteiger partial charge in [0.15, 0.2) is 0 Å². The standard InChI is InChI=1S/C16H21ClN4O/c17-14-18-9-21(20-14)16-6-10-3-11(7-16)5-15(4-10,8-16)13(22)19-12-1-2-12/h9-12H,1-8H2,(H,19,22). The number of rotatable bonds is 3. The van der Waals surface area contributed by atoms with Gasteiger partial charge in [0.2, 0.25) is 11.2 Å². The van der Waals surface area contributed by atoms with Crippen molar-refractivity contribution in [3.63, 3.8) is 0 Å². The zero-order valence-corrected chi connectivity index (χ0v) is 13.4. The third-order valence-corrected chi connectivity index (χ3v) is 6.55. The maximum absolute atomic E-state index is 12.9. The zero-order valence-electron chi connectivity index (χ0n) is 12.6. The van der Waals surface area contributed by atoms with Crippen LogP contribution in [0.15, 0.2) is 6.33 Å². The van der Waals surface area contributed by atoms with E-state index in [0.29, 0.717) is 29.1 Å². The van der Waals surface area contributed by atoms with Crippen LogP contribution in [0.3, 0.4) is 0 Å². The molecule has 1 amide bonds. The molecule has 1 heterocycles. The lowest BCUT2D eigenvalue weighted by molar-refractivity contribution is -0.156. The van der Waals surface area contributed by atoms with Crippen molar-refractivity contribution in [1.82, 2.24) is 20.1 Å². The van der Waals surface area contributed by atoms with Gasteiger partial charge < -0.3 is 5.32 Å². The van der Waals surface area contributed by atoms with E-state index in [1.165, 1.54) is 6.42 Å². The predicted molar refractivity (Wildman–Crippen MR) is 81.3 cm³/mol. The van der Waals surface area contributed by atoms with Gasteiger partial charge in [-0.15, -0.1) is 5.10 Å². The van der Waals surface area contributed by atoms with Crippen LogP contribution in [0.4, 0.5) is 0 Å². The van der Waals surface area contributed by atoms with E-state index in [1.807, 2.05) is 4.68 Å². The first kappa shape index (κ1) is 13.3. The van der Waals surface area contributed by atoms with Gasteiger partial charge in [-0.3, -0.25) is 4.79 Å². The molecule has 0 spiro atoms. The maximum Gasteiger partial charge on any atom is 0.242 e. The monoisotopic (exact) mass is 320 g/mol. The van der Waals surface area contributed by atoms with E-state index in [1.54, 1.807) is 6.33 Å². The molecular formula is C16H21ClN4O. The second-order valence-corrected chi connectivity index (χ2v) is 8.51. The van der Waals surface area contributed by atoms with E-state index < -0.39 is 0 Å². The minimum absolute atomic E-state index is 0.0366. The van der Waals surface area contributed by atoms with Crippen molar-refractivity contribution in [3.8, 4) is 0 Å². The summed E-state index contributed by atoms with van der Waals surface area (Å²) in [5, 5.41) is 7.99. The molecular weight excluding hydrogens is 300 g/mol. The van der Waals surface area contributed by atoms with E-state index in [9.17, 15) is 4.79 Å². The molecule has 4 bridgehead atoms. The fourth-order valence-corrected chi connectivity index (χ4v) is 5.91. The summed E-state index contributed by atoms with van der Waals surface area (Å²) in [7, 11) is 0. The topological polar surface area (TPSA) is 59.8 Å². The SMILES string of the molecule is O=C(NC1CC1)C12CC3CC(C1)CC(n1cnc(Cl)n1)(C3)C2. The fourth-order valence-electron chi connectivity index (χ4n) is 5.79. The molecule has 0 aliphatic heterocycles. The van der Waals surface area contributed by atoms with Crippen molar-refractivity contribution in [2.45, 2.75) is 62.9 Å². The Labute approximate surface area is 134 Å². The van der Waals surface area contributed by atoms with E-state index in [2.05, 4.69) is 15.4 Å². The Kier molecular flexibility index (Phi) is 2.58. The molecule has 6 rings (SSSR count). The molecule has 2 atom stereocenters. The molecule has 22 heavy (non-hydrogen) atoms. The molecule has 6 heteroatoms. The lowest BCUT2D eigenvalue weighted by Gasteiger charge is -2.60. The van der Waals surface area contributed by atoms with Crippen LogP contribution >= 0.6 is 11.6 Å².